The predicted molar refractivity (Wildman–Crippen MR) is 92.0 cm³/mol. The van der Waals surface area contributed by atoms with E-state index < -0.39 is 5.97 Å². The maximum absolute atomic E-state index is 11.3. The molecule has 2 heterocycles. The van der Waals surface area contributed by atoms with Crippen molar-refractivity contribution in [3.8, 4) is 11.8 Å². The highest BCUT2D eigenvalue weighted by Crippen LogP contribution is 2.18. The maximum atomic E-state index is 11.3. The zero-order valence-electron chi connectivity index (χ0n) is 13.4. The SMILES string of the molecule is COC(=O)/C=C/c1nn(C)c2ncc(C#Cc3ccccc3)cc12. The number of benzene rings is 1. The van der Waals surface area contributed by atoms with Gasteiger partial charge in [0.05, 0.1) is 12.8 Å². The number of fused-ring (bicyclic) bond motifs is 1. The second kappa shape index (κ2) is 6.80. The monoisotopic (exact) mass is 317 g/mol. The second-order valence-electron chi connectivity index (χ2n) is 5.08. The van der Waals surface area contributed by atoms with Gasteiger partial charge in [-0.15, -0.1) is 0 Å². The molecule has 0 unspecified atom stereocenters. The topological polar surface area (TPSA) is 57.0 Å². The van der Waals surface area contributed by atoms with Gasteiger partial charge in [0.1, 0.15) is 0 Å². The van der Waals surface area contributed by atoms with Crippen LogP contribution < -0.4 is 0 Å². The summed E-state index contributed by atoms with van der Waals surface area (Å²) >= 11 is 0. The van der Waals surface area contributed by atoms with Gasteiger partial charge in [-0.3, -0.25) is 0 Å². The molecule has 24 heavy (non-hydrogen) atoms. The van der Waals surface area contributed by atoms with Gasteiger partial charge in [-0.1, -0.05) is 30.0 Å². The summed E-state index contributed by atoms with van der Waals surface area (Å²) in [6.45, 7) is 0. The van der Waals surface area contributed by atoms with Crippen LogP contribution in [0, 0.1) is 11.8 Å². The van der Waals surface area contributed by atoms with Crippen molar-refractivity contribution < 1.29 is 9.53 Å². The molecule has 3 aromatic rings. The average molecular weight is 317 g/mol. The van der Waals surface area contributed by atoms with Crippen LogP contribution in [0.4, 0.5) is 0 Å². The number of nitrogens with zero attached hydrogens (tertiary/aromatic N) is 3. The molecule has 0 spiro atoms. The molecule has 118 valence electrons. The van der Waals surface area contributed by atoms with E-state index in [1.165, 1.54) is 13.2 Å². The van der Waals surface area contributed by atoms with Gasteiger partial charge >= 0.3 is 5.97 Å². The van der Waals surface area contributed by atoms with E-state index in [1.54, 1.807) is 24.0 Å². The molecule has 0 saturated heterocycles. The molecule has 0 bridgehead atoms. The quantitative estimate of drug-likeness (QED) is 0.414. The predicted octanol–water partition coefficient (Wildman–Crippen LogP) is 2.55. The molecule has 0 atom stereocenters. The van der Waals surface area contributed by atoms with Gasteiger partial charge in [-0.25, -0.2) is 14.5 Å². The Bertz CT molecular complexity index is 976. The number of aryl methyl sites for hydroxylation is 1. The van der Waals surface area contributed by atoms with Crippen molar-refractivity contribution in [3.63, 3.8) is 0 Å². The summed E-state index contributed by atoms with van der Waals surface area (Å²) < 4.78 is 6.27. The molecule has 0 aliphatic heterocycles. The molecule has 2 aromatic heterocycles. The van der Waals surface area contributed by atoms with Gasteiger partial charge in [0, 0.05) is 35.8 Å². The first-order chi connectivity index (χ1) is 11.7. The van der Waals surface area contributed by atoms with Gasteiger partial charge in [0.25, 0.3) is 0 Å². The normalized spacial score (nSPS) is 10.6. The van der Waals surface area contributed by atoms with E-state index in [9.17, 15) is 4.79 Å². The molecule has 3 rings (SSSR count). The van der Waals surface area contributed by atoms with Crippen molar-refractivity contribution >= 4 is 23.1 Å². The van der Waals surface area contributed by atoms with Gasteiger partial charge in [-0.2, -0.15) is 5.10 Å². The van der Waals surface area contributed by atoms with Crippen molar-refractivity contribution in [1.29, 1.82) is 0 Å². The molecule has 0 radical (unpaired) electrons. The summed E-state index contributed by atoms with van der Waals surface area (Å²) in [5.41, 5.74) is 3.10. The van der Waals surface area contributed by atoms with E-state index in [0.29, 0.717) is 5.69 Å². The smallest absolute Gasteiger partial charge is 0.330 e. The molecule has 0 aliphatic carbocycles. The van der Waals surface area contributed by atoms with E-state index in [2.05, 4.69) is 26.7 Å². The van der Waals surface area contributed by atoms with E-state index in [4.69, 9.17) is 0 Å². The lowest BCUT2D eigenvalue weighted by Gasteiger charge is -1.94. The Hall–Kier alpha value is -3.39. The van der Waals surface area contributed by atoms with Crippen molar-refractivity contribution in [2.45, 2.75) is 0 Å². The van der Waals surface area contributed by atoms with Crippen LogP contribution in [0.1, 0.15) is 16.8 Å². The van der Waals surface area contributed by atoms with Crippen LogP contribution in [0.2, 0.25) is 0 Å². The third kappa shape index (κ3) is 3.33. The minimum Gasteiger partial charge on any atom is -0.466 e. The lowest BCUT2D eigenvalue weighted by Crippen LogP contribution is -1.94. The molecule has 0 N–H and O–H groups in total. The van der Waals surface area contributed by atoms with Crippen molar-refractivity contribution in [2.75, 3.05) is 7.11 Å². The van der Waals surface area contributed by atoms with Crippen molar-refractivity contribution in [3.05, 3.63) is 65.5 Å². The van der Waals surface area contributed by atoms with Crippen LogP contribution in [0.25, 0.3) is 17.1 Å². The minimum absolute atomic E-state index is 0.429. The summed E-state index contributed by atoms with van der Waals surface area (Å²) in [6.07, 6.45) is 4.67. The number of carbonyl (C=O) groups is 1. The summed E-state index contributed by atoms with van der Waals surface area (Å²) in [5.74, 6) is 5.77. The summed E-state index contributed by atoms with van der Waals surface area (Å²) in [7, 11) is 3.14. The molecule has 0 saturated carbocycles. The number of carbonyl (C=O) groups excluding carboxylic acids is 1. The number of aromatic nitrogens is 3. The van der Waals surface area contributed by atoms with E-state index in [-0.39, 0.29) is 0 Å². The molecule has 5 heteroatoms. The third-order valence-electron chi connectivity index (χ3n) is 3.41. The zero-order valence-corrected chi connectivity index (χ0v) is 13.4. The average Bonchev–Trinajstić information content (AvgIpc) is 2.94. The number of hydrogen-bond acceptors (Lipinski definition) is 4. The Balaban J connectivity index is 1.99. The number of rotatable bonds is 2. The molecule has 0 aliphatic rings. The van der Waals surface area contributed by atoms with Gasteiger partial charge in [0.2, 0.25) is 0 Å². The lowest BCUT2D eigenvalue weighted by molar-refractivity contribution is -0.134. The molecule has 5 nitrogen and oxygen atoms in total. The first-order valence-corrected chi connectivity index (χ1v) is 7.33. The molecule has 1 aromatic carbocycles. The minimum atomic E-state index is -0.429. The molecule has 0 amide bonds. The van der Waals surface area contributed by atoms with Crippen LogP contribution in [-0.4, -0.2) is 27.8 Å². The Kier molecular flexibility index (Phi) is 4.39. The first-order valence-electron chi connectivity index (χ1n) is 7.33. The molecular weight excluding hydrogens is 302 g/mol. The van der Waals surface area contributed by atoms with E-state index in [1.807, 2.05) is 36.4 Å². The highest BCUT2D eigenvalue weighted by Gasteiger charge is 2.08. The standard InChI is InChI=1S/C19H15N3O2/c1-22-19-16(17(21-22)10-11-18(23)24-2)12-15(13-20-19)9-8-14-6-4-3-5-7-14/h3-7,10-13H,1-2H3/b11-10+. The Morgan fingerprint density at radius 1 is 1.21 bits per heavy atom. The largest absolute Gasteiger partial charge is 0.466 e. The Morgan fingerprint density at radius 2 is 1.96 bits per heavy atom. The van der Waals surface area contributed by atoms with Crippen LogP contribution in [-0.2, 0) is 16.6 Å². The highest BCUT2D eigenvalue weighted by atomic mass is 16.5. The van der Waals surface area contributed by atoms with E-state index >= 15 is 0 Å². The molecule has 0 fully saturated rings. The first kappa shape index (κ1) is 15.5. The third-order valence-corrected chi connectivity index (χ3v) is 3.41. The highest BCUT2D eigenvalue weighted by molar-refractivity contribution is 5.92. The summed E-state index contributed by atoms with van der Waals surface area (Å²) in [6, 6.07) is 11.7. The molecular formula is C19H15N3O2. The number of ether oxygens (including phenoxy) is 1. The lowest BCUT2D eigenvalue weighted by atomic mass is 10.1. The van der Waals surface area contributed by atoms with Crippen LogP contribution in [0.3, 0.4) is 0 Å². The summed E-state index contributed by atoms with van der Waals surface area (Å²) in [4.78, 5) is 15.7. The number of methoxy groups -OCH3 is 1. The van der Waals surface area contributed by atoms with E-state index in [0.717, 1.165) is 22.2 Å². The number of pyridine rings is 1. The van der Waals surface area contributed by atoms with Crippen molar-refractivity contribution in [1.82, 2.24) is 14.8 Å². The van der Waals surface area contributed by atoms with Crippen LogP contribution in [0.5, 0.6) is 0 Å². The zero-order chi connectivity index (χ0) is 16.9. The fourth-order valence-electron chi connectivity index (χ4n) is 2.24. The van der Waals surface area contributed by atoms with Crippen molar-refractivity contribution in [2.24, 2.45) is 7.05 Å². The van der Waals surface area contributed by atoms with Crippen LogP contribution >= 0.6 is 0 Å². The maximum Gasteiger partial charge on any atom is 0.330 e. The number of esters is 1. The number of hydrogen-bond donors (Lipinski definition) is 0. The second-order valence-corrected chi connectivity index (χ2v) is 5.08. The van der Waals surface area contributed by atoms with Gasteiger partial charge in [0.15, 0.2) is 5.65 Å². The Morgan fingerprint density at radius 3 is 2.71 bits per heavy atom. The fraction of sp³-hybridized carbons (Fsp3) is 0.105. The van der Waals surface area contributed by atoms with Crippen LogP contribution in [0.15, 0.2) is 48.7 Å². The van der Waals surface area contributed by atoms with Gasteiger partial charge < -0.3 is 4.74 Å². The van der Waals surface area contributed by atoms with Gasteiger partial charge in [-0.05, 0) is 24.3 Å². The summed E-state index contributed by atoms with van der Waals surface area (Å²) in [5, 5.41) is 5.20. The fourth-order valence-corrected chi connectivity index (χ4v) is 2.24. The Labute approximate surface area is 139 Å².